The molecule has 214 valence electrons. The first-order valence-corrected chi connectivity index (χ1v) is 12.8. The molecule has 0 bridgehead atoms. The first-order valence-electron chi connectivity index (χ1n) is 12.5. The molecule has 1 aromatic carbocycles. The summed E-state index contributed by atoms with van der Waals surface area (Å²) in [5.74, 6) is -4.70. The molecule has 4 atom stereocenters. The van der Waals surface area contributed by atoms with Gasteiger partial charge in [-0.2, -0.15) is 13.2 Å². The van der Waals surface area contributed by atoms with Crippen LogP contribution in [-0.2, 0) is 25.5 Å². The van der Waals surface area contributed by atoms with Crippen molar-refractivity contribution in [3.05, 3.63) is 34.9 Å². The lowest BCUT2D eigenvalue weighted by Gasteiger charge is -2.45. The number of carboxylic acids is 1. The summed E-state index contributed by atoms with van der Waals surface area (Å²) < 4.78 is 45.3. The third-order valence-corrected chi connectivity index (χ3v) is 6.58. The Bertz CT molecular complexity index is 984. The van der Waals surface area contributed by atoms with Crippen LogP contribution in [0.3, 0.4) is 0 Å². The molecule has 1 heterocycles. The lowest BCUT2D eigenvalue weighted by Crippen LogP contribution is -2.64. The number of nitrogens with zero attached hydrogens (tertiary/aromatic N) is 1. The lowest BCUT2D eigenvalue weighted by molar-refractivity contribution is -0.164. The Morgan fingerprint density at radius 3 is 2.34 bits per heavy atom. The molecule has 2 rings (SSSR count). The number of alkyl halides is 3. The van der Waals surface area contributed by atoms with E-state index in [1.165, 1.54) is 4.90 Å². The van der Waals surface area contributed by atoms with Crippen molar-refractivity contribution in [2.24, 2.45) is 11.7 Å². The maximum atomic E-state index is 13.3. The smallest absolute Gasteiger partial charge is 0.389 e. The second-order valence-corrected chi connectivity index (χ2v) is 11.4. The number of rotatable bonds is 10. The van der Waals surface area contributed by atoms with Gasteiger partial charge in [-0.05, 0) is 64.7 Å². The Morgan fingerprint density at radius 2 is 1.82 bits per heavy atom. The van der Waals surface area contributed by atoms with Crippen molar-refractivity contribution in [1.29, 1.82) is 0 Å². The number of hydrogen-bond donors (Lipinski definition) is 3. The number of carbonyl (C=O) groups is 3. The van der Waals surface area contributed by atoms with Crippen molar-refractivity contribution in [2.45, 2.75) is 89.3 Å². The molecule has 1 aromatic rings. The van der Waals surface area contributed by atoms with Crippen LogP contribution in [0.1, 0.15) is 58.9 Å². The van der Waals surface area contributed by atoms with Crippen molar-refractivity contribution in [3.63, 3.8) is 0 Å². The van der Waals surface area contributed by atoms with Crippen molar-refractivity contribution in [2.75, 3.05) is 13.1 Å². The molecule has 2 unspecified atom stereocenters. The summed E-state index contributed by atoms with van der Waals surface area (Å²) in [4.78, 5) is 38.9. The largest absolute Gasteiger partial charge is 0.481 e. The third kappa shape index (κ3) is 10.1. The number of hydrogen-bond acceptors (Lipinski definition) is 5. The molecule has 2 amide bonds. The summed E-state index contributed by atoms with van der Waals surface area (Å²) >= 11 is 6.00. The number of aliphatic carboxylic acids is 1. The van der Waals surface area contributed by atoms with Crippen molar-refractivity contribution in [1.82, 2.24) is 10.2 Å². The number of amides is 2. The fourth-order valence-electron chi connectivity index (χ4n) is 4.79. The zero-order valence-corrected chi connectivity index (χ0v) is 22.9. The van der Waals surface area contributed by atoms with E-state index in [2.05, 4.69) is 5.32 Å². The predicted octanol–water partition coefficient (Wildman–Crippen LogP) is 3.93. The van der Waals surface area contributed by atoms with Gasteiger partial charge in [0.05, 0.1) is 36.0 Å². The average molecular weight is 564 g/mol. The van der Waals surface area contributed by atoms with Crippen LogP contribution < -0.4 is 11.1 Å². The van der Waals surface area contributed by atoms with Crippen LogP contribution in [0.25, 0.3) is 0 Å². The molecular weight excluding hydrogens is 527 g/mol. The normalized spacial score (nSPS) is 20.9. The molecule has 1 aliphatic rings. The SMILES string of the molecule is C[C@H](OC(C)(C)C)[C@H](N)C(=O)NC1(Cc2ccc(Cl)cc2)CCCN(C(=O)C(CC(=O)O)CC(F)(F)F)C1. The van der Waals surface area contributed by atoms with Crippen LogP contribution in [0.2, 0.25) is 5.02 Å². The molecule has 0 radical (unpaired) electrons. The van der Waals surface area contributed by atoms with E-state index in [1.54, 1.807) is 31.2 Å². The molecule has 8 nitrogen and oxygen atoms in total. The van der Waals surface area contributed by atoms with Gasteiger partial charge in [0.1, 0.15) is 6.04 Å². The molecule has 1 saturated heterocycles. The number of nitrogens with one attached hydrogen (secondary N) is 1. The highest BCUT2D eigenvalue weighted by Gasteiger charge is 2.44. The van der Waals surface area contributed by atoms with Gasteiger partial charge in [-0.15, -0.1) is 0 Å². The number of nitrogens with two attached hydrogens (primary N) is 1. The summed E-state index contributed by atoms with van der Waals surface area (Å²) in [6.07, 6.45) is -6.78. The highest BCUT2D eigenvalue weighted by molar-refractivity contribution is 6.30. The van der Waals surface area contributed by atoms with E-state index < -0.39 is 66.0 Å². The number of carbonyl (C=O) groups excluding carboxylic acids is 2. The van der Waals surface area contributed by atoms with Gasteiger partial charge in [-0.3, -0.25) is 14.4 Å². The summed E-state index contributed by atoms with van der Waals surface area (Å²) in [5, 5.41) is 12.6. The third-order valence-electron chi connectivity index (χ3n) is 6.33. The molecule has 1 fully saturated rings. The van der Waals surface area contributed by atoms with Gasteiger partial charge in [0, 0.05) is 18.1 Å². The summed E-state index contributed by atoms with van der Waals surface area (Å²) in [5.41, 5.74) is 5.38. The fourth-order valence-corrected chi connectivity index (χ4v) is 4.91. The van der Waals surface area contributed by atoms with E-state index in [-0.39, 0.29) is 19.5 Å². The van der Waals surface area contributed by atoms with E-state index in [1.807, 2.05) is 20.8 Å². The van der Waals surface area contributed by atoms with Gasteiger partial charge < -0.3 is 25.8 Å². The molecule has 12 heteroatoms. The molecule has 0 aromatic heterocycles. The highest BCUT2D eigenvalue weighted by Crippen LogP contribution is 2.32. The maximum Gasteiger partial charge on any atom is 0.389 e. The highest BCUT2D eigenvalue weighted by atomic mass is 35.5. The standard InChI is InChI=1S/C26H37ClF3N3O5/c1-16(38-24(2,3)4)21(31)22(36)32-25(13-17-6-8-19(27)9-7-17)10-5-11-33(15-25)23(37)18(12-20(34)35)14-26(28,29)30/h6-9,16,18,21H,5,10-15,31H2,1-4H3,(H,32,36)(H,34,35)/t16-,18?,21-,25?/m0/s1. The van der Waals surface area contributed by atoms with Gasteiger partial charge in [0.2, 0.25) is 11.8 Å². The van der Waals surface area contributed by atoms with Crippen LogP contribution >= 0.6 is 11.6 Å². The van der Waals surface area contributed by atoms with E-state index in [9.17, 15) is 27.6 Å². The van der Waals surface area contributed by atoms with Gasteiger partial charge in [0.15, 0.2) is 0 Å². The molecule has 4 N–H and O–H groups in total. The van der Waals surface area contributed by atoms with E-state index >= 15 is 0 Å². The molecule has 0 aliphatic carbocycles. The number of carboxylic acid groups (broad SMARTS) is 1. The summed E-state index contributed by atoms with van der Waals surface area (Å²) in [6.45, 7) is 7.20. The molecular formula is C26H37ClF3N3O5. The number of halogens is 4. The second-order valence-electron chi connectivity index (χ2n) is 11.0. The number of likely N-dealkylation sites (tertiary alicyclic amines) is 1. The van der Waals surface area contributed by atoms with Gasteiger partial charge >= 0.3 is 12.1 Å². The van der Waals surface area contributed by atoms with Crippen LogP contribution in [0.15, 0.2) is 24.3 Å². The van der Waals surface area contributed by atoms with Crippen LogP contribution in [0.4, 0.5) is 13.2 Å². The predicted molar refractivity (Wildman–Crippen MR) is 137 cm³/mol. The number of ether oxygens (including phenoxy) is 1. The maximum absolute atomic E-state index is 13.3. The molecule has 0 spiro atoms. The Hall–Kier alpha value is -2.37. The minimum Gasteiger partial charge on any atom is -0.481 e. The van der Waals surface area contributed by atoms with Crippen LogP contribution in [0, 0.1) is 5.92 Å². The molecule has 0 saturated carbocycles. The summed E-state index contributed by atoms with van der Waals surface area (Å²) in [7, 11) is 0. The van der Waals surface area contributed by atoms with Gasteiger partial charge in [-0.1, -0.05) is 23.7 Å². The second kappa shape index (κ2) is 12.7. The lowest BCUT2D eigenvalue weighted by atomic mass is 9.82. The fraction of sp³-hybridized carbons (Fsp3) is 0.654. The van der Waals surface area contributed by atoms with E-state index in [0.29, 0.717) is 17.9 Å². The van der Waals surface area contributed by atoms with E-state index in [4.69, 9.17) is 27.2 Å². The Kier molecular flexibility index (Phi) is 10.6. The average Bonchev–Trinajstić information content (AvgIpc) is 2.76. The van der Waals surface area contributed by atoms with Crippen molar-refractivity contribution < 1.29 is 37.4 Å². The monoisotopic (exact) mass is 563 g/mol. The Labute approximate surface area is 226 Å². The Balaban J connectivity index is 2.34. The zero-order chi connectivity index (χ0) is 28.9. The van der Waals surface area contributed by atoms with Crippen LogP contribution in [-0.4, -0.2) is 70.3 Å². The van der Waals surface area contributed by atoms with E-state index in [0.717, 1.165) is 5.56 Å². The van der Waals surface area contributed by atoms with Crippen molar-refractivity contribution >= 4 is 29.4 Å². The first-order chi connectivity index (χ1) is 17.4. The minimum atomic E-state index is -4.71. The molecule has 1 aliphatic heterocycles. The zero-order valence-electron chi connectivity index (χ0n) is 22.1. The molecule has 38 heavy (non-hydrogen) atoms. The summed E-state index contributed by atoms with van der Waals surface area (Å²) in [6, 6.07) is 5.83. The minimum absolute atomic E-state index is 0.102. The topological polar surface area (TPSA) is 122 Å². The van der Waals surface area contributed by atoms with Crippen molar-refractivity contribution in [3.8, 4) is 0 Å². The van der Waals surface area contributed by atoms with Gasteiger partial charge in [-0.25, -0.2) is 0 Å². The first kappa shape index (κ1) is 31.8. The van der Waals surface area contributed by atoms with Crippen LogP contribution in [0.5, 0.6) is 0 Å². The number of piperidine rings is 1. The Morgan fingerprint density at radius 1 is 1.21 bits per heavy atom. The number of benzene rings is 1. The quantitative estimate of drug-likeness (QED) is 0.396. The van der Waals surface area contributed by atoms with Gasteiger partial charge in [0.25, 0.3) is 0 Å².